The monoisotopic (exact) mass is 488 g/mol. The molecule has 35 heavy (non-hydrogen) atoms. The number of carbonyl (C=O) groups excluding carboxylic acids is 1. The predicted octanol–water partition coefficient (Wildman–Crippen LogP) is 3.70. The molecular weight excluding hydrogens is 460 g/mol. The Hall–Kier alpha value is -3.67. The molecule has 7 nitrogen and oxygen atoms in total. The first kappa shape index (κ1) is 24.5. The Bertz CT molecular complexity index is 1330. The third-order valence-electron chi connectivity index (χ3n) is 6.18. The number of amides is 1. The topological polar surface area (TPSA) is 93.5 Å². The zero-order chi connectivity index (χ0) is 24.8. The molecule has 3 aromatic rings. The summed E-state index contributed by atoms with van der Waals surface area (Å²) in [5.74, 6) is -0.175. The van der Waals surface area contributed by atoms with Gasteiger partial charge in [-0.3, -0.25) is 4.79 Å². The number of nitrogens with zero attached hydrogens (tertiary/aromatic N) is 3. The number of anilines is 1. The lowest BCUT2D eigenvalue weighted by Gasteiger charge is -2.24. The fourth-order valence-corrected chi connectivity index (χ4v) is 5.47. The Labute approximate surface area is 206 Å². The number of carbonyl (C=O) groups is 1. The highest BCUT2D eigenvalue weighted by atomic mass is 32.2. The molecule has 3 aromatic carbocycles. The molecule has 1 fully saturated rings. The highest BCUT2D eigenvalue weighted by molar-refractivity contribution is 7.89. The van der Waals surface area contributed by atoms with E-state index >= 15 is 0 Å². The maximum Gasteiger partial charge on any atom is 0.253 e. The number of hydrogen-bond donors (Lipinski definition) is 1. The van der Waals surface area contributed by atoms with Gasteiger partial charge in [-0.1, -0.05) is 36.4 Å². The lowest BCUT2D eigenvalue weighted by molar-refractivity contribution is 0.0766. The van der Waals surface area contributed by atoms with Gasteiger partial charge in [0.1, 0.15) is 0 Å². The number of rotatable bonds is 6. The minimum absolute atomic E-state index is 0.119. The van der Waals surface area contributed by atoms with Crippen LogP contribution in [-0.4, -0.2) is 45.4 Å². The molecule has 0 saturated carbocycles. The Morgan fingerprint density at radius 3 is 2.43 bits per heavy atom. The minimum atomic E-state index is -3.79. The van der Waals surface area contributed by atoms with E-state index in [9.17, 15) is 13.2 Å². The average Bonchev–Trinajstić information content (AvgIpc) is 3.14. The van der Waals surface area contributed by atoms with Gasteiger partial charge in [0.05, 0.1) is 16.5 Å². The molecule has 1 amide bonds. The van der Waals surface area contributed by atoms with E-state index in [1.54, 1.807) is 36.1 Å². The third-order valence-corrected chi connectivity index (χ3v) is 7.72. The smallest absolute Gasteiger partial charge is 0.253 e. The van der Waals surface area contributed by atoms with Gasteiger partial charge in [-0.05, 0) is 60.9 Å². The fraction of sp³-hybridized carbons (Fsp3) is 0.259. The summed E-state index contributed by atoms with van der Waals surface area (Å²) >= 11 is 0. The van der Waals surface area contributed by atoms with Gasteiger partial charge in [0.15, 0.2) is 0 Å². The molecule has 4 rings (SSSR count). The number of nitriles is 1. The van der Waals surface area contributed by atoms with Crippen LogP contribution < -0.4 is 9.62 Å². The quantitative estimate of drug-likeness (QED) is 0.571. The Morgan fingerprint density at radius 2 is 1.71 bits per heavy atom. The maximum atomic E-state index is 13.3. The van der Waals surface area contributed by atoms with E-state index in [1.807, 2.05) is 42.5 Å². The van der Waals surface area contributed by atoms with E-state index in [1.165, 1.54) is 6.07 Å². The molecule has 0 radical (unpaired) electrons. The number of aryl methyl sites for hydroxylation is 1. The minimum Gasteiger partial charge on any atom is -0.370 e. The molecule has 0 bridgehead atoms. The normalized spacial score (nSPS) is 14.3. The summed E-state index contributed by atoms with van der Waals surface area (Å²) in [6.45, 7) is 4.49. The van der Waals surface area contributed by atoms with Gasteiger partial charge in [-0.25, -0.2) is 13.1 Å². The number of nitrogens with one attached hydrogen (secondary N) is 1. The van der Waals surface area contributed by atoms with Gasteiger partial charge in [0.25, 0.3) is 5.91 Å². The first-order valence-electron chi connectivity index (χ1n) is 11.6. The maximum absolute atomic E-state index is 13.3. The van der Waals surface area contributed by atoms with Gasteiger partial charge in [0.2, 0.25) is 10.0 Å². The van der Waals surface area contributed by atoms with Crippen LogP contribution in [0.4, 0.5) is 5.69 Å². The molecule has 1 saturated heterocycles. The van der Waals surface area contributed by atoms with Crippen molar-refractivity contribution < 1.29 is 13.2 Å². The first-order valence-corrected chi connectivity index (χ1v) is 13.0. The lowest BCUT2D eigenvalue weighted by atomic mass is 10.1. The lowest BCUT2D eigenvalue weighted by Crippen LogP contribution is -2.35. The summed E-state index contributed by atoms with van der Waals surface area (Å²) in [5, 5.41) is 9.01. The summed E-state index contributed by atoms with van der Waals surface area (Å²) in [6, 6.07) is 23.7. The van der Waals surface area contributed by atoms with Crippen molar-refractivity contribution in [3.63, 3.8) is 0 Å². The molecule has 0 aliphatic carbocycles. The van der Waals surface area contributed by atoms with Crippen LogP contribution in [0, 0.1) is 18.3 Å². The predicted molar refractivity (Wildman–Crippen MR) is 136 cm³/mol. The second-order valence-corrected chi connectivity index (χ2v) is 10.3. The second kappa shape index (κ2) is 10.7. The highest BCUT2D eigenvalue weighted by Crippen LogP contribution is 2.21. The summed E-state index contributed by atoms with van der Waals surface area (Å²) in [5.41, 5.74) is 3.44. The summed E-state index contributed by atoms with van der Waals surface area (Å²) in [4.78, 5) is 17.4. The van der Waals surface area contributed by atoms with Crippen molar-refractivity contribution in [1.29, 1.82) is 5.26 Å². The van der Waals surface area contributed by atoms with Crippen LogP contribution >= 0.6 is 0 Å². The van der Waals surface area contributed by atoms with Crippen molar-refractivity contribution in [2.24, 2.45) is 0 Å². The van der Waals surface area contributed by atoms with E-state index in [4.69, 9.17) is 5.26 Å². The zero-order valence-electron chi connectivity index (χ0n) is 19.6. The SMILES string of the molecule is Cc1ccc(C(=O)N2CCCN(c3ccc(C#N)cc3)CC2)cc1S(=O)(=O)NCc1ccccc1. The average molecular weight is 489 g/mol. The van der Waals surface area contributed by atoms with Crippen molar-refractivity contribution in [1.82, 2.24) is 9.62 Å². The van der Waals surface area contributed by atoms with Crippen LogP contribution in [-0.2, 0) is 16.6 Å². The van der Waals surface area contributed by atoms with E-state index < -0.39 is 10.0 Å². The van der Waals surface area contributed by atoms with Crippen molar-refractivity contribution >= 4 is 21.6 Å². The first-order chi connectivity index (χ1) is 16.9. The molecule has 180 valence electrons. The molecular formula is C27H28N4O3S. The number of hydrogen-bond acceptors (Lipinski definition) is 5. The molecule has 8 heteroatoms. The second-order valence-electron chi connectivity index (χ2n) is 8.58. The van der Waals surface area contributed by atoms with Crippen LogP contribution in [0.5, 0.6) is 0 Å². The van der Waals surface area contributed by atoms with Gasteiger partial charge < -0.3 is 9.80 Å². The van der Waals surface area contributed by atoms with Crippen LogP contribution in [0.3, 0.4) is 0 Å². The summed E-state index contributed by atoms with van der Waals surface area (Å²) < 4.78 is 28.7. The number of benzene rings is 3. The molecule has 1 aliphatic heterocycles. The fourth-order valence-electron chi connectivity index (χ4n) is 4.18. The standard InChI is InChI=1S/C27H28N4O3S/c1-21-8-11-24(18-26(21)35(33,34)29-20-23-6-3-2-4-7-23)27(32)31-15-5-14-30(16-17-31)25-12-9-22(19-28)10-13-25/h2-4,6-13,18,29H,5,14-17,20H2,1H3. The molecule has 1 heterocycles. The van der Waals surface area contributed by atoms with Crippen molar-refractivity contribution in [3.05, 3.63) is 95.1 Å². The van der Waals surface area contributed by atoms with E-state index in [2.05, 4.69) is 15.7 Å². The molecule has 0 spiro atoms. The largest absolute Gasteiger partial charge is 0.370 e. The van der Waals surface area contributed by atoms with Gasteiger partial charge in [-0.2, -0.15) is 5.26 Å². The zero-order valence-corrected chi connectivity index (χ0v) is 20.5. The van der Waals surface area contributed by atoms with Crippen molar-refractivity contribution in [3.8, 4) is 6.07 Å². The van der Waals surface area contributed by atoms with Crippen LogP contribution in [0.2, 0.25) is 0 Å². The van der Waals surface area contributed by atoms with Crippen molar-refractivity contribution in [2.45, 2.75) is 24.8 Å². The Balaban J connectivity index is 1.46. The number of sulfonamides is 1. The van der Waals surface area contributed by atoms with Crippen LogP contribution in [0.15, 0.2) is 77.7 Å². The third kappa shape index (κ3) is 5.88. The molecule has 0 atom stereocenters. The van der Waals surface area contributed by atoms with Gasteiger partial charge in [-0.15, -0.1) is 0 Å². The van der Waals surface area contributed by atoms with E-state index in [0.717, 1.165) is 24.2 Å². The van der Waals surface area contributed by atoms with E-state index in [-0.39, 0.29) is 17.3 Å². The summed E-state index contributed by atoms with van der Waals surface area (Å²) in [6.07, 6.45) is 0.793. The van der Waals surface area contributed by atoms with Crippen LogP contribution in [0.1, 0.15) is 33.5 Å². The highest BCUT2D eigenvalue weighted by Gasteiger charge is 2.24. The van der Waals surface area contributed by atoms with Crippen molar-refractivity contribution in [2.75, 3.05) is 31.1 Å². The molecule has 0 aromatic heterocycles. The van der Waals surface area contributed by atoms with Gasteiger partial charge >= 0.3 is 0 Å². The van der Waals surface area contributed by atoms with E-state index in [0.29, 0.717) is 36.3 Å². The Morgan fingerprint density at radius 1 is 0.971 bits per heavy atom. The van der Waals surface area contributed by atoms with Gasteiger partial charge in [0, 0.05) is 44.0 Å². The van der Waals surface area contributed by atoms with Crippen LogP contribution in [0.25, 0.3) is 0 Å². The summed E-state index contributed by atoms with van der Waals surface area (Å²) in [7, 11) is -3.79. The molecule has 0 unspecified atom stereocenters. The Kier molecular flexibility index (Phi) is 7.49. The molecule has 1 aliphatic rings. The molecule has 1 N–H and O–H groups in total.